The van der Waals surface area contributed by atoms with Crippen LogP contribution in [0, 0.1) is 0 Å². The number of aromatic amines is 2. The summed E-state index contributed by atoms with van der Waals surface area (Å²) in [6.45, 7) is 1.28. The molecule has 3 amide bonds. The molecular formula is C45H46N8O3. The average Bonchev–Trinajstić information content (AvgIpc) is 4.08. The van der Waals surface area contributed by atoms with Gasteiger partial charge in [-0.2, -0.15) is 0 Å². The summed E-state index contributed by atoms with van der Waals surface area (Å²) in [5, 5.41) is 2.76. The summed E-state index contributed by atoms with van der Waals surface area (Å²) < 4.78 is 0. The Morgan fingerprint density at radius 2 is 1.16 bits per heavy atom. The fourth-order valence-corrected chi connectivity index (χ4v) is 8.06. The molecule has 2 aliphatic rings. The molecule has 56 heavy (non-hydrogen) atoms. The molecule has 0 radical (unpaired) electrons. The van der Waals surface area contributed by atoms with Crippen LogP contribution in [-0.4, -0.2) is 86.1 Å². The Balaban J connectivity index is 0.897. The number of carbonyl (C=O) groups excluding carboxylic acids is 3. The van der Waals surface area contributed by atoms with Crippen molar-refractivity contribution < 1.29 is 14.4 Å². The minimum atomic E-state index is -0.349. The number of benzene rings is 4. The molecule has 0 aliphatic carbocycles. The standard InChI is InChI=1S/C45H46N8O3/c1-51(2)41(34-11-5-3-6-12-34)45(56)53-26-10-16-39(53)43-47-28-37(50-43)33-23-19-31(20-24-33)30-17-21-32(22-18-30)36-27-46-42(49-36)38-15-9-25-52(38)40(54)29-48-44(55)35-13-7-4-8-14-35/h3-8,11-14,17-24,27-28,38-39,41H,9-10,15-16,25-26,29H2,1-2H3,(H,46,49)(H,47,50)(H,48,55)/t38-,39-,41+/m0/s1. The lowest BCUT2D eigenvalue weighted by molar-refractivity contribution is -0.137. The van der Waals surface area contributed by atoms with Gasteiger partial charge in [0.25, 0.3) is 5.91 Å². The fraction of sp³-hybridized carbons (Fsp3) is 0.267. The molecule has 3 atom stereocenters. The monoisotopic (exact) mass is 746 g/mol. The second-order valence-corrected chi connectivity index (χ2v) is 14.8. The summed E-state index contributed by atoms with van der Waals surface area (Å²) in [7, 11) is 3.91. The van der Waals surface area contributed by atoms with Crippen LogP contribution in [0.25, 0.3) is 33.6 Å². The Labute approximate surface area is 326 Å². The molecule has 0 bridgehead atoms. The lowest BCUT2D eigenvalue weighted by atomic mass is 10.0. The zero-order chi connectivity index (χ0) is 38.6. The van der Waals surface area contributed by atoms with E-state index in [0.29, 0.717) is 18.7 Å². The van der Waals surface area contributed by atoms with Crippen LogP contribution in [0.2, 0.25) is 0 Å². The highest BCUT2D eigenvalue weighted by atomic mass is 16.2. The molecule has 11 heteroatoms. The highest BCUT2D eigenvalue weighted by molar-refractivity contribution is 5.96. The molecule has 0 spiro atoms. The van der Waals surface area contributed by atoms with Crippen LogP contribution in [0.1, 0.15) is 71.4 Å². The van der Waals surface area contributed by atoms with E-state index in [4.69, 9.17) is 4.98 Å². The molecule has 284 valence electrons. The number of imidazole rings is 2. The number of carbonyl (C=O) groups is 3. The SMILES string of the molecule is CN(C)[C@@H](C(=O)N1CCC[C@H]1c1ncc(-c2ccc(-c3ccc(-c4cnc([C@@H]5CCCN5C(=O)CNC(=O)c5ccccc5)[nH]4)cc3)cc2)[nH]1)c1ccccc1. The number of H-pyrrole nitrogens is 2. The first-order valence-electron chi connectivity index (χ1n) is 19.3. The van der Waals surface area contributed by atoms with E-state index >= 15 is 0 Å². The minimum Gasteiger partial charge on any atom is -0.343 e. The van der Waals surface area contributed by atoms with Crippen molar-refractivity contribution in [3.8, 4) is 33.6 Å². The molecule has 2 aliphatic heterocycles. The van der Waals surface area contributed by atoms with Crippen LogP contribution >= 0.6 is 0 Å². The first-order chi connectivity index (χ1) is 27.3. The Hall–Kier alpha value is -6.33. The predicted molar refractivity (Wildman–Crippen MR) is 216 cm³/mol. The number of hydrogen-bond donors (Lipinski definition) is 3. The second-order valence-electron chi connectivity index (χ2n) is 14.8. The van der Waals surface area contributed by atoms with E-state index in [2.05, 4.69) is 68.8 Å². The maximum atomic E-state index is 13.9. The van der Waals surface area contributed by atoms with E-state index in [-0.39, 0.29) is 42.4 Å². The van der Waals surface area contributed by atoms with Crippen molar-refractivity contribution in [1.82, 2.24) is 40.0 Å². The molecule has 4 aromatic carbocycles. The summed E-state index contributed by atoms with van der Waals surface area (Å²) in [5.74, 6) is 1.28. The highest BCUT2D eigenvalue weighted by Gasteiger charge is 2.37. The Bertz CT molecular complexity index is 2280. The zero-order valence-electron chi connectivity index (χ0n) is 31.7. The average molecular weight is 747 g/mol. The van der Waals surface area contributed by atoms with Crippen molar-refractivity contribution in [2.24, 2.45) is 0 Å². The third-order valence-electron chi connectivity index (χ3n) is 11.0. The second kappa shape index (κ2) is 16.2. The van der Waals surface area contributed by atoms with E-state index in [1.165, 1.54) is 0 Å². The zero-order valence-corrected chi connectivity index (χ0v) is 31.7. The molecule has 2 aromatic heterocycles. The van der Waals surface area contributed by atoms with Crippen LogP contribution in [0.4, 0.5) is 0 Å². The van der Waals surface area contributed by atoms with E-state index in [1.807, 2.05) is 77.6 Å². The number of likely N-dealkylation sites (tertiary alicyclic amines) is 2. The van der Waals surface area contributed by atoms with Gasteiger partial charge in [0.1, 0.15) is 17.7 Å². The van der Waals surface area contributed by atoms with Gasteiger partial charge in [-0.25, -0.2) is 9.97 Å². The first-order valence-corrected chi connectivity index (χ1v) is 19.3. The van der Waals surface area contributed by atoms with E-state index in [1.54, 1.807) is 24.3 Å². The van der Waals surface area contributed by atoms with Crippen molar-refractivity contribution in [2.45, 2.75) is 43.8 Å². The van der Waals surface area contributed by atoms with Crippen LogP contribution in [0.5, 0.6) is 0 Å². The van der Waals surface area contributed by atoms with Gasteiger partial charge >= 0.3 is 0 Å². The largest absolute Gasteiger partial charge is 0.343 e. The van der Waals surface area contributed by atoms with Gasteiger partial charge in [-0.15, -0.1) is 0 Å². The van der Waals surface area contributed by atoms with Gasteiger partial charge in [-0.1, -0.05) is 97.1 Å². The molecule has 0 saturated carbocycles. The van der Waals surface area contributed by atoms with Gasteiger partial charge in [0.2, 0.25) is 11.8 Å². The molecule has 2 fully saturated rings. The summed E-state index contributed by atoms with van der Waals surface area (Å²) in [6.07, 6.45) is 7.18. The third kappa shape index (κ3) is 7.63. The van der Waals surface area contributed by atoms with Crippen molar-refractivity contribution >= 4 is 17.7 Å². The quantitative estimate of drug-likeness (QED) is 0.129. The number of hydrogen-bond acceptors (Lipinski definition) is 6. The van der Waals surface area contributed by atoms with Crippen molar-refractivity contribution in [1.29, 1.82) is 0 Å². The molecular weight excluding hydrogens is 701 g/mol. The summed E-state index contributed by atoms with van der Waals surface area (Å²) >= 11 is 0. The maximum absolute atomic E-state index is 13.9. The normalized spacial score (nSPS) is 17.3. The number of aromatic nitrogens is 4. The fourth-order valence-electron chi connectivity index (χ4n) is 8.06. The van der Waals surface area contributed by atoms with Crippen molar-refractivity contribution in [3.63, 3.8) is 0 Å². The van der Waals surface area contributed by atoms with E-state index in [0.717, 1.165) is 76.5 Å². The molecule has 11 nitrogen and oxygen atoms in total. The first kappa shape index (κ1) is 36.6. The predicted octanol–water partition coefficient (Wildman–Crippen LogP) is 7.19. The molecule has 6 aromatic rings. The molecule has 8 rings (SSSR count). The van der Waals surface area contributed by atoms with Gasteiger partial charge in [0, 0.05) is 18.7 Å². The van der Waals surface area contributed by atoms with E-state index in [9.17, 15) is 14.4 Å². The van der Waals surface area contributed by atoms with Gasteiger partial charge in [-0.3, -0.25) is 19.3 Å². The lowest BCUT2D eigenvalue weighted by Crippen LogP contribution is -2.40. The minimum absolute atomic E-state index is 0.0578. The Morgan fingerprint density at radius 3 is 1.70 bits per heavy atom. The number of likely N-dealkylation sites (N-methyl/N-ethyl adjacent to an activating group) is 1. The van der Waals surface area contributed by atoms with Crippen LogP contribution in [0.3, 0.4) is 0 Å². The van der Waals surface area contributed by atoms with Crippen molar-refractivity contribution in [2.75, 3.05) is 33.7 Å². The van der Waals surface area contributed by atoms with E-state index < -0.39 is 0 Å². The van der Waals surface area contributed by atoms with Gasteiger partial charge in [0.05, 0.1) is 42.4 Å². The topological polar surface area (TPSA) is 130 Å². The third-order valence-corrected chi connectivity index (χ3v) is 11.0. The van der Waals surface area contributed by atoms with Gasteiger partial charge in [0.15, 0.2) is 0 Å². The highest BCUT2D eigenvalue weighted by Crippen LogP contribution is 2.36. The summed E-state index contributed by atoms with van der Waals surface area (Å²) in [4.78, 5) is 61.7. The number of amides is 3. The lowest BCUT2D eigenvalue weighted by Gasteiger charge is -2.31. The number of nitrogens with zero attached hydrogens (tertiary/aromatic N) is 5. The smallest absolute Gasteiger partial charge is 0.251 e. The number of rotatable bonds is 11. The van der Waals surface area contributed by atoms with Gasteiger partial charge in [-0.05, 0) is 79.7 Å². The molecule has 4 heterocycles. The molecule has 3 N–H and O–H groups in total. The molecule has 0 unspecified atom stereocenters. The van der Waals surface area contributed by atoms with Crippen LogP contribution in [-0.2, 0) is 9.59 Å². The van der Waals surface area contributed by atoms with Crippen LogP contribution in [0.15, 0.2) is 122 Å². The summed E-state index contributed by atoms with van der Waals surface area (Å²) in [5.41, 5.74) is 7.52. The Kier molecular flexibility index (Phi) is 10.6. The molecule has 2 saturated heterocycles. The number of nitrogens with one attached hydrogen (secondary N) is 3. The van der Waals surface area contributed by atoms with Gasteiger partial charge < -0.3 is 25.1 Å². The maximum Gasteiger partial charge on any atom is 0.251 e. The Morgan fingerprint density at radius 1 is 0.679 bits per heavy atom. The van der Waals surface area contributed by atoms with Crippen LogP contribution < -0.4 is 5.32 Å². The summed E-state index contributed by atoms with van der Waals surface area (Å²) in [6, 6.07) is 35.0. The van der Waals surface area contributed by atoms with Crippen molar-refractivity contribution in [3.05, 3.63) is 144 Å².